The van der Waals surface area contributed by atoms with E-state index < -0.39 is 0 Å². The van der Waals surface area contributed by atoms with Gasteiger partial charge >= 0.3 is 0 Å². The van der Waals surface area contributed by atoms with Crippen molar-refractivity contribution in [1.82, 2.24) is 4.90 Å². The standard InChI is InChI=1S/C13H20N2/c1-14-13-5-3-4-12(10-13)11-6-8-15(2)9-7-11/h3-5,10-11,14H,6-9H2,1-2H3. The Morgan fingerprint density at radius 2 is 2.00 bits per heavy atom. The van der Waals surface area contributed by atoms with Crippen LogP contribution in [0.15, 0.2) is 24.3 Å². The Balaban J connectivity index is 2.08. The summed E-state index contributed by atoms with van der Waals surface area (Å²) in [5.74, 6) is 0.759. The Bertz CT molecular complexity index is 314. The molecule has 0 bridgehead atoms. The average Bonchev–Trinajstić information content (AvgIpc) is 2.30. The molecule has 2 nitrogen and oxygen atoms in total. The summed E-state index contributed by atoms with van der Waals surface area (Å²) in [6.45, 7) is 2.46. The molecule has 0 radical (unpaired) electrons. The van der Waals surface area contributed by atoms with Crippen LogP contribution in [-0.4, -0.2) is 32.1 Å². The predicted octanol–water partition coefficient (Wildman–Crippen LogP) is 2.54. The Kier molecular flexibility index (Phi) is 3.27. The fourth-order valence-electron chi connectivity index (χ4n) is 2.29. The molecule has 1 heterocycles. The van der Waals surface area contributed by atoms with Crippen LogP contribution >= 0.6 is 0 Å². The molecule has 0 aliphatic carbocycles. The first-order valence-corrected chi connectivity index (χ1v) is 5.76. The van der Waals surface area contributed by atoms with Crippen molar-refractivity contribution in [3.05, 3.63) is 29.8 Å². The summed E-state index contributed by atoms with van der Waals surface area (Å²) in [6.07, 6.45) is 2.59. The Morgan fingerprint density at radius 3 is 2.67 bits per heavy atom. The fraction of sp³-hybridized carbons (Fsp3) is 0.538. The van der Waals surface area contributed by atoms with Crippen molar-refractivity contribution in [2.45, 2.75) is 18.8 Å². The quantitative estimate of drug-likeness (QED) is 0.796. The van der Waals surface area contributed by atoms with Crippen molar-refractivity contribution >= 4 is 5.69 Å². The van der Waals surface area contributed by atoms with E-state index in [9.17, 15) is 0 Å². The summed E-state index contributed by atoms with van der Waals surface area (Å²) < 4.78 is 0. The van der Waals surface area contributed by atoms with Gasteiger partial charge in [0.2, 0.25) is 0 Å². The van der Waals surface area contributed by atoms with Gasteiger partial charge < -0.3 is 10.2 Å². The minimum Gasteiger partial charge on any atom is -0.388 e. The van der Waals surface area contributed by atoms with Crippen molar-refractivity contribution in [2.24, 2.45) is 0 Å². The first kappa shape index (κ1) is 10.5. The van der Waals surface area contributed by atoms with Crippen LogP contribution in [0.1, 0.15) is 24.3 Å². The topological polar surface area (TPSA) is 15.3 Å². The highest BCUT2D eigenvalue weighted by molar-refractivity contribution is 5.46. The molecule has 1 N–H and O–H groups in total. The zero-order chi connectivity index (χ0) is 10.7. The van der Waals surface area contributed by atoms with Gasteiger partial charge in [-0.25, -0.2) is 0 Å². The lowest BCUT2D eigenvalue weighted by molar-refractivity contribution is 0.255. The summed E-state index contributed by atoms with van der Waals surface area (Å²) in [4.78, 5) is 2.42. The van der Waals surface area contributed by atoms with Gasteiger partial charge in [0.05, 0.1) is 0 Å². The lowest BCUT2D eigenvalue weighted by atomic mass is 9.89. The molecule has 15 heavy (non-hydrogen) atoms. The first-order valence-electron chi connectivity index (χ1n) is 5.76. The second-order valence-corrected chi connectivity index (χ2v) is 4.45. The minimum absolute atomic E-state index is 0.759. The number of piperidine rings is 1. The van der Waals surface area contributed by atoms with Crippen molar-refractivity contribution < 1.29 is 0 Å². The van der Waals surface area contributed by atoms with Crippen LogP contribution in [0.4, 0.5) is 5.69 Å². The van der Waals surface area contributed by atoms with Gasteiger partial charge in [0.15, 0.2) is 0 Å². The maximum atomic E-state index is 3.20. The van der Waals surface area contributed by atoms with Gasteiger partial charge in [-0.05, 0) is 56.6 Å². The van der Waals surface area contributed by atoms with Crippen LogP contribution in [0.2, 0.25) is 0 Å². The maximum absolute atomic E-state index is 3.20. The highest BCUT2D eigenvalue weighted by atomic mass is 15.1. The Labute approximate surface area is 92.3 Å². The highest BCUT2D eigenvalue weighted by Crippen LogP contribution is 2.28. The van der Waals surface area contributed by atoms with Crippen LogP contribution in [0.25, 0.3) is 0 Å². The predicted molar refractivity (Wildman–Crippen MR) is 65.5 cm³/mol. The van der Waals surface area contributed by atoms with Gasteiger partial charge in [0, 0.05) is 12.7 Å². The molecule has 2 heteroatoms. The molecule has 0 unspecified atom stereocenters. The number of anilines is 1. The van der Waals surface area contributed by atoms with E-state index in [4.69, 9.17) is 0 Å². The molecule has 0 spiro atoms. The number of hydrogen-bond donors (Lipinski definition) is 1. The number of benzene rings is 1. The van der Waals surface area contributed by atoms with Crippen molar-refractivity contribution in [3.63, 3.8) is 0 Å². The largest absolute Gasteiger partial charge is 0.388 e. The van der Waals surface area contributed by atoms with Crippen LogP contribution in [0, 0.1) is 0 Å². The third kappa shape index (κ3) is 2.51. The fourth-order valence-corrected chi connectivity index (χ4v) is 2.29. The van der Waals surface area contributed by atoms with E-state index in [0.29, 0.717) is 0 Å². The molecule has 2 rings (SSSR count). The van der Waals surface area contributed by atoms with E-state index in [2.05, 4.69) is 41.5 Å². The van der Waals surface area contributed by atoms with Gasteiger partial charge in [0.25, 0.3) is 0 Å². The number of likely N-dealkylation sites (tertiary alicyclic amines) is 1. The molecule has 1 aliphatic rings. The van der Waals surface area contributed by atoms with E-state index >= 15 is 0 Å². The molecule has 0 amide bonds. The zero-order valence-electron chi connectivity index (χ0n) is 9.66. The molecule has 1 aromatic carbocycles. The van der Waals surface area contributed by atoms with Crippen LogP contribution in [-0.2, 0) is 0 Å². The van der Waals surface area contributed by atoms with Gasteiger partial charge in [-0.3, -0.25) is 0 Å². The molecule has 1 saturated heterocycles. The number of nitrogens with one attached hydrogen (secondary N) is 1. The highest BCUT2D eigenvalue weighted by Gasteiger charge is 2.18. The summed E-state index contributed by atoms with van der Waals surface area (Å²) in [7, 11) is 4.19. The van der Waals surface area contributed by atoms with Crippen LogP contribution < -0.4 is 5.32 Å². The normalized spacial score (nSPS) is 19.1. The van der Waals surface area contributed by atoms with E-state index in [0.717, 1.165) is 5.92 Å². The summed E-state index contributed by atoms with van der Waals surface area (Å²) >= 11 is 0. The number of hydrogen-bond acceptors (Lipinski definition) is 2. The van der Waals surface area contributed by atoms with E-state index in [1.165, 1.54) is 37.2 Å². The molecular weight excluding hydrogens is 184 g/mol. The molecule has 0 aromatic heterocycles. The monoisotopic (exact) mass is 204 g/mol. The summed E-state index contributed by atoms with van der Waals surface area (Å²) in [5, 5.41) is 3.20. The SMILES string of the molecule is CNc1cccc(C2CCN(C)CC2)c1. The maximum Gasteiger partial charge on any atom is 0.0340 e. The molecule has 1 aromatic rings. The summed E-state index contributed by atoms with van der Waals surface area (Å²) in [5.41, 5.74) is 2.72. The summed E-state index contributed by atoms with van der Waals surface area (Å²) in [6, 6.07) is 8.82. The van der Waals surface area contributed by atoms with E-state index in [1.54, 1.807) is 0 Å². The molecule has 1 fully saturated rings. The molecule has 0 atom stereocenters. The Hall–Kier alpha value is -1.02. The van der Waals surface area contributed by atoms with Crippen molar-refractivity contribution in [1.29, 1.82) is 0 Å². The zero-order valence-corrected chi connectivity index (χ0v) is 9.66. The van der Waals surface area contributed by atoms with Crippen molar-refractivity contribution in [2.75, 3.05) is 32.5 Å². The first-order chi connectivity index (χ1) is 7.29. The van der Waals surface area contributed by atoms with Gasteiger partial charge in [-0.2, -0.15) is 0 Å². The second kappa shape index (κ2) is 4.67. The second-order valence-electron chi connectivity index (χ2n) is 4.45. The lowest BCUT2D eigenvalue weighted by Gasteiger charge is -2.29. The van der Waals surface area contributed by atoms with E-state index in [1.807, 2.05) is 7.05 Å². The average molecular weight is 204 g/mol. The molecular formula is C13H20N2. The van der Waals surface area contributed by atoms with Crippen LogP contribution in [0.3, 0.4) is 0 Å². The van der Waals surface area contributed by atoms with E-state index in [-0.39, 0.29) is 0 Å². The van der Waals surface area contributed by atoms with Gasteiger partial charge in [-0.15, -0.1) is 0 Å². The molecule has 1 aliphatic heterocycles. The lowest BCUT2D eigenvalue weighted by Crippen LogP contribution is -2.29. The third-order valence-electron chi connectivity index (χ3n) is 3.37. The van der Waals surface area contributed by atoms with Gasteiger partial charge in [-0.1, -0.05) is 12.1 Å². The smallest absolute Gasteiger partial charge is 0.0340 e. The molecule has 0 saturated carbocycles. The minimum atomic E-state index is 0.759. The number of nitrogens with zero attached hydrogens (tertiary/aromatic N) is 1. The Morgan fingerprint density at radius 1 is 1.27 bits per heavy atom. The van der Waals surface area contributed by atoms with Crippen LogP contribution in [0.5, 0.6) is 0 Å². The van der Waals surface area contributed by atoms with Gasteiger partial charge in [0.1, 0.15) is 0 Å². The third-order valence-corrected chi connectivity index (χ3v) is 3.37. The van der Waals surface area contributed by atoms with Crippen molar-refractivity contribution in [3.8, 4) is 0 Å². The number of rotatable bonds is 2. The molecule has 82 valence electrons.